The summed E-state index contributed by atoms with van der Waals surface area (Å²) in [5.41, 5.74) is 1.29. The van der Waals surface area contributed by atoms with Gasteiger partial charge in [0.1, 0.15) is 0 Å². The monoisotopic (exact) mass is 386 g/mol. The summed E-state index contributed by atoms with van der Waals surface area (Å²) in [6.07, 6.45) is 3.79. The van der Waals surface area contributed by atoms with Crippen molar-refractivity contribution >= 4 is 29.1 Å². The largest absolute Gasteiger partial charge is 0.493 e. The molecule has 7 heteroatoms. The lowest BCUT2D eigenvalue weighted by Gasteiger charge is -2.45. The van der Waals surface area contributed by atoms with Gasteiger partial charge in [-0.05, 0) is 37.6 Å². The maximum Gasteiger partial charge on any atom is 0.274 e. The van der Waals surface area contributed by atoms with E-state index in [0.717, 1.165) is 11.3 Å². The predicted molar refractivity (Wildman–Crippen MR) is 105 cm³/mol. The van der Waals surface area contributed by atoms with Gasteiger partial charge in [-0.15, -0.1) is 0 Å². The highest BCUT2D eigenvalue weighted by Crippen LogP contribution is 2.57. The molecule has 0 saturated heterocycles. The number of anilines is 1. The van der Waals surface area contributed by atoms with Crippen molar-refractivity contribution in [2.24, 2.45) is 0 Å². The van der Waals surface area contributed by atoms with Gasteiger partial charge in [0, 0.05) is 18.7 Å². The number of hydrogen-bond acceptors (Lipinski definition) is 5. The van der Waals surface area contributed by atoms with Crippen molar-refractivity contribution in [3.8, 4) is 11.5 Å². The molecule has 1 spiro atoms. The molecule has 0 saturated carbocycles. The van der Waals surface area contributed by atoms with Gasteiger partial charge in [0.2, 0.25) is 5.72 Å². The lowest BCUT2D eigenvalue weighted by molar-refractivity contribution is -0.385. The smallest absolute Gasteiger partial charge is 0.274 e. The molecule has 0 bridgehead atoms. The van der Waals surface area contributed by atoms with E-state index in [-0.39, 0.29) is 5.69 Å². The van der Waals surface area contributed by atoms with Crippen molar-refractivity contribution in [3.05, 3.63) is 62.7 Å². The summed E-state index contributed by atoms with van der Waals surface area (Å²) < 4.78 is 11.9. The first-order valence-corrected chi connectivity index (χ1v) is 8.88. The molecule has 1 unspecified atom stereocenters. The first-order chi connectivity index (χ1) is 12.7. The zero-order valence-electron chi connectivity index (χ0n) is 15.4. The Kier molecular flexibility index (Phi) is 3.69. The summed E-state index contributed by atoms with van der Waals surface area (Å²) in [5, 5.41) is 11.9. The van der Waals surface area contributed by atoms with E-state index in [2.05, 4.69) is 13.8 Å². The average Bonchev–Trinajstić information content (AvgIpc) is 2.80. The van der Waals surface area contributed by atoms with Crippen LogP contribution in [0.2, 0.25) is 5.02 Å². The van der Waals surface area contributed by atoms with Gasteiger partial charge in [-0.1, -0.05) is 23.7 Å². The summed E-state index contributed by atoms with van der Waals surface area (Å²) in [4.78, 5) is 12.8. The van der Waals surface area contributed by atoms with E-state index >= 15 is 0 Å². The first kappa shape index (κ1) is 17.7. The highest BCUT2D eigenvalue weighted by atomic mass is 35.5. The molecule has 140 valence electrons. The van der Waals surface area contributed by atoms with Gasteiger partial charge in [-0.25, -0.2) is 0 Å². The number of para-hydroxylation sites is 1. The molecular formula is C20H19ClN2O4. The molecule has 0 aromatic heterocycles. The van der Waals surface area contributed by atoms with Crippen LogP contribution in [-0.2, 0) is 5.41 Å². The van der Waals surface area contributed by atoms with Gasteiger partial charge in [0.05, 0.1) is 34.2 Å². The molecular weight excluding hydrogens is 368 g/mol. The number of nitro benzene ring substituents is 1. The summed E-state index contributed by atoms with van der Waals surface area (Å²) in [5.74, 6) is 0.809. The third-order valence-electron chi connectivity index (χ3n) is 5.63. The Labute approximate surface area is 162 Å². The fourth-order valence-corrected chi connectivity index (χ4v) is 4.45. The van der Waals surface area contributed by atoms with Crippen LogP contribution in [0.5, 0.6) is 11.5 Å². The minimum absolute atomic E-state index is 0.0415. The van der Waals surface area contributed by atoms with E-state index in [1.807, 2.05) is 42.3 Å². The zero-order chi connectivity index (χ0) is 19.6. The number of benzene rings is 2. The molecule has 2 aromatic carbocycles. The number of ether oxygens (including phenoxy) is 2. The third-order valence-corrected chi connectivity index (χ3v) is 5.94. The van der Waals surface area contributed by atoms with Crippen molar-refractivity contribution in [2.75, 3.05) is 19.1 Å². The minimum atomic E-state index is -0.837. The number of fused-ring (bicyclic) bond motifs is 2. The molecule has 1 atom stereocenters. The van der Waals surface area contributed by atoms with E-state index in [9.17, 15) is 10.1 Å². The van der Waals surface area contributed by atoms with Gasteiger partial charge in [0.25, 0.3) is 5.69 Å². The molecule has 0 N–H and O–H groups in total. The number of methoxy groups -OCH3 is 1. The van der Waals surface area contributed by atoms with Crippen molar-refractivity contribution < 1.29 is 14.4 Å². The summed E-state index contributed by atoms with van der Waals surface area (Å²) in [7, 11) is 3.41. The van der Waals surface area contributed by atoms with E-state index in [1.54, 1.807) is 0 Å². The molecule has 0 amide bonds. The Morgan fingerprint density at radius 3 is 2.67 bits per heavy atom. The fraction of sp³-hybridized carbons (Fsp3) is 0.300. The Hall–Kier alpha value is -2.73. The van der Waals surface area contributed by atoms with Crippen molar-refractivity contribution in [3.63, 3.8) is 0 Å². The second-order valence-corrected chi connectivity index (χ2v) is 7.68. The Morgan fingerprint density at radius 2 is 2.04 bits per heavy atom. The molecule has 0 fully saturated rings. The van der Waals surface area contributed by atoms with Gasteiger partial charge in [-0.3, -0.25) is 10.1 Å². The third kappa shape index (κ3) is 2.19. The minimum Gasteiger partial charge on any atom is -0.493 e. The zero-order valence-corrected chi connectivity index (χ0v) is 16.2. The van der Waals surface area contributed by atoms with Crippen LogP contribution in [-0.4, -0.2) is 24.8 Å². The summed E-state index contributed by atoms with van der Waals surface area (Å²) >= 11 is 6.49. The van der Waals surface area contributed by atoms with Crippen molar-refractivity contribution in [1.29, 1.82) is 0 Å². The molecule has 6 nitrogen and oxygen atoms in total. The highest BCUT2D eigenvalue weighted by molar-refractivity contribution is 6.33. The van der Waals surface area contributed by atoms with Crippen LogP contribution in [0.4, 0.5) is 11.4 Å². The molecule has 2 aliphatic rings. The number of rotatable bonds is 2. The number of non-ortho nitro benzene ring substituents is 1. The maximum atomic E-state index is 11.2. The predicted octanol–water partition coefficient (Wildman–Crippen LogP) is 4.79. The van der Waals surface area contributed by atoms with Crippen molar-refractivity contribution in [1.82, 2.24) is 0 Å². The van der Waals surface area contributed by atoms with Gasteiger partial charge < -0.3 is 14.4 Å². The van der Waals surface area contributed by atoms with E-state index in [0.29, 0.717) is 22.1 Å². The number of likely N-dealkylation sites (N-methyl/N-ethyl adjacent to an activating group) is 1. The quantitative estimate of drug-likeness (QED) is 0.548. The lowest BCUT2D eigenvalue weighted by Crippen LogP contribution is -2.58. The highest BCUT2D eigenvalue weighted by Gasteiger charge is 2.58. The van der Waals surface area contributed by atoms with Crippen LogP contribution < -0.4 is 14.4 Å². The van der Waals surface area contributed by atoms with Crippen molar-refractivity contribution in [2.45, 2.75) is 25.0 Å². The molecule has 27 heavy (non-hydrogen) atoms. The molecule has 4 rings (SSSR count). The van der Waals surface area contributed by atoms with Crippen LogP contribution in [0.3, 0.4) is 0 Å². The summed E-state index contributed by atoms with van der Waals surface area (Å²) in [6, 6.07) is 8.71. The molecule has 2 aliphatic heterocycles. The standard InChI is InChI=1S/C20H19ClN2O4/c1-19(2)14-6-5-7-15(21)17(14)22(3)20(19)9-8-12-10-13(23(24)25)11-16(26-4)18(12)27-20/h5-11H,1-4H3. The van der Waals surface area contributed by atoms with Crippen LogP contribution in [0, 0.1) is 10.1 Å². The Bertz CT molecular complexity index is 1000. The van der Waals surface area contributed by atoms with Crippen LogP contribution in [0.15, 0.2) is 36.4 Å². The number of nitrogens with zero attached hydrogens (tertiary/aromatic N) is 2. The second kappa shape index (κ2) is 5.63. The molecule has 0 aliphatic carbocycles. The topological polar surface area (TPSA) is 64.8 Å². The van der Waals surface area contributed by atoms with E-state index < -0.39 is 16.1 Å². The van der Waals surface area contributed by atoms with Gasteiger partial charge in [-0.2, -0.15) is 0 Å². The lowest BCUT2D eigenvalue weighted by atomic mass is 9.76. The number of halogens is 1. The van der Waals surface area contributed by atoms with Crippen LogP contribution in [0.1, 0.15) is 25.0 Å². The van der Waals surface area contributed by atoms with Gasteiger partial charge >= 0.3 is 0 Å². The first-order valence-electron chi connectivity index (χ1n) is 8.50. The molecule has 2 heterocycles. The van der Waals surface area contributed by atoms with Crippen LogP contribution >= 0.6 is 11.6 Å². The second-order valence-electron chi connectivity index (χ2n) is 7.28. The number of hydrogen-bond donors (Lipinski definition) is 0. The average molecular weight is 387 g/mol. The van der Waals surface area contributed by atoms with Crippen LogP contribution in [0.25, 0.3) is 6.08 Å². The Morgan fingerprint density at radius 1 is 1.30 bits per heavy atom. The molecule has 2 aromatic rings. The fourth-order valence-electron chi connectivity index (χ4n) is 4.15. The SMILES string of the molecule is COc1cc([N+](=O)[O-])cc2c1OC1(C=C2)N(C)c2c(Cl)cccc2C1(C)C. The molecule has 0 radical (unpaired) electrons. The maximum absolute atomic E-state index is 11.2. The normalized spacial score (nSPS) is 21.6. The van der Waals surface area contributed by atoms with E-state index in [4.69, 9.17) is 21.1 Å². The summed E-state index contributed by atoms with van der Waals surface area (Å²) in [6.45, 7) is 4.19. The Balaban J connectivity index is 1.91. The van der Waals surface area contributed by atoms with Gasteiger partial charge in [0.15, 0.2) is 11.5 Å². The number of nitro groups is 1. The van der Waals surface area contributed by atoms with E-state index in [1.165, 1.54) is 19.2 Å².